The monoisotopic (exact) mass is 1040 g/mol. The highest BCUT2D eigenvalue weighted by Crippen LogP contribution is 2.43. The van der Waals surface area contributed by atoms with E-state index in [0.717, 1.165) is 93.4 Å². The number of sulfonamides is 1. The fraction of sp³-hybridized carbons (Fsp3) is 0.468. The van der Waals surface area contributed by atoms with Crippen molar-refractivity contribution < 1.29 is 55.0 Å². The number of aliphatic hydroxyl groups is 1. The van der Waals surface area contributed by atoms with Crippen LogP contribution in [-0.2, 0) is 50.2 Å². The quantitative estimate of drug-likeness (QED) is 0.0586. The maximum Gasteiger partial charge on any atom is 0.419 e. The van der Waals surface area contributed by atoms with Gasteiger partial charge in [-0.3, -0.25) is 38.8 Å². The van der Waals surface area contributed by atoms with E-state index in [9.17, 15) is 45.9 Å². The molecule has 3 saturated heterocycles. The van der Waals surface area contributed by atoms with Crippen LogP contribution in [0.4, 0.5) is 34.9 Å². The van der Waals surface area contributed by atoms with Gasteiger partial charge in [0, 0.05) is 56.2 Å². The van der Waals surface area contributed by atoms with Gasteiger partial charge in [-0.25, -0.2) is 27.5 Å². The Labute approximate surface area is 416 Å². The first kappa shape index (κ1) is 51.2. The number of amides is 4. The zero-order valence-corrected chi connectivity index (χ0v) is 40.7. The highest BCUT2D eigenvalue weighted by atomic mass is 32.2. The summed E-state index contributed by atoms with van der Waals surface area (Å²) >= 11 is 0. The lowest BCUT2D eigenvalue weighted by molar-refractivity contribution is -0.138. The van der Waals surface area contributed by atoms with Gasteiger partial charge in [-0.05, 0) is 101 Å². The second kappa shape index (κ2) is 20.3. The number of carbonyl (C=O) groups is 4. The Hall–Kier alpha value is -6.74. The largest absolute Gasteiger partial charge is 0.419 e. The molecule has 0 saturated carbocycles. The van der Waals surface area contributed by atoms with Crippen molar-refractivity contribution in [3.05, 3.63) is 89.4 Å². The molecule has 7 heterocycles. The molecule has 2 aromatic carbocycles. The molecule has 1 spiro atoms. The third kappa shape index (κ3) is 11.6. The number of piperidine rings is 3. The van der Waals surface area contributed by atoms with Crippen LogP contribution in [-0.4, -0.2) is 139 Å². The molecule has 0 bridgehead atoms. The average molecular weight is 1040 g/mol. The van der Waals surface area contributed by atoms with Gasteiger partial charge in [-0.15, -0.1) is 5.10 Å². The molecule has 3 fully saturated rings. The SMILES string of the molecule is CC(C)(O)Cn1cc(-c2nc(Nc3ccc(S(=O)(=O)NCCOCc4cn(CCN5CCC6(CC5)CCN(c5ccc7c(c5)C(=O)N(C5CCC(=O)NC5=O)C7=O)CC6)nn4)cc3F)ncc2C(F)(F)F)cn1. The van der Waals surface area contributed by atoms with Gasteiger partial charge in [0.15, 0.2) is 0 Å². The van der Waals surface area contributed by atoms with Gasteiger partial charge in [0.25, 0.3) is 11.8 Å². The van der Waals surface area contributed by atoms with Crippen molar-refractivity contribution in [2.45, 2.75) is 94.8 Å². The van der Waals surface area contributed by atoms with Gasteiger partial charge in [0.1, 0.15) is 23.1 Å². The molecule has 5 aromatic rings. The summed E-state index contributed by atoms with van der Waals surface area (Å²) in [6.45, 7) is 7.74. The van der Waals surface area contributed by atoms with Crippen molar-refractivity contribution in [2.75, 3.05) is 56.1 Å². The third-order valence-electron chi connectivity index (χ3n) is 13.6. The van der Waals surface area contributed by atoms with Crippen LogP contribution in [0.2, 0.25) is 0 Å². The molecule has 0 radical (unpaired) electrons. The molecule has 1 atom stereocenters. The number of fused-ring (bicyclic) bond motifs is 1. The van der Waals surface area contributed by atoms with Crippen LogP contribution in [0.5, 0.6) is 0 Å². The first-order valence-corrected chi connectivity index (χ1v) is 25.2. The summed E-state index contributed by atoms with van der Waals surface area (Å²) in [5.41, 5.74) is -1.07. The van der Waals surface area contributed by atoms with Crippen LogP contribution in [0.1, 0.15) is 84.3 Å². The molecule has 73 heavy (non-hydrogen) atoms. The molecule has 9 rings (SSSR count). The highest BCUT2D eigenvalue weighted by Gasteiger charge is 2.45. The fourth-order valence-corrected chi connectivity index (χ4v) is 10.7. The normalized spacial score (nSPS) is 18.7. The molecular formula is C47H53F4N13O8S. The summed E-state index contributed by atoms with van der Waals surface area (Å²) in [7, 11) is -4.20. The maximum atomic E-state index is 15.3. The van der Waals surface area contributed by atoms with E-state index in [1.807, 2.05) is 6.07 Å². The van der Waals surface area contributed by atoms with Crippen LogP contribution in [0.15, 0.2) is 66.1 Å². The number of hydrogen-bond donors (Lipinski definition) is 4. The zero-order valence-electron chi connectivity index (χ0n) is 39.9. The molecule has 4 amide bonds. The summed E-state index contributed by atoms with van der Waals surface area (Å²) in [4.78, 5) is 63.5. The number of aromatic nitrogens is 7. The number of ether oxygens (including phenoxy) is 1. The van der Waals surface area contributed by atoms with Gasteiger partial charge >= 0.3 is 6.18 Å². The van der Waals surface area contributed by atoms with Crippen LogP contribution in [0.3, 0.4) is 0 Å². The number of alkyl halides is 3. The van der Waals surface area contributed by atoms with E-state index in [1.165, 1.54) is 24.7 Å². The highest BCUT2D eigenvalue weighted by molar-refractivity contribution is 7.89. The second-order valence-corrected chi connectivity index (χ2v) is 21.2. The maximum absolute atomic E-state index is 15.3. The van der Waals surface area contributed by atoms with Gasteiger partial charge < -0.3 is 25.0 Å². The van der Waals surface area contributed by atoms with Crippen LogP contribution >= 0.6 is 0 Å². The Kier molecular flexibility index (Phi) is 14.2. The molecule has 0 aliphatic carbocycles. The van der Waals surface area contributed by atoms with Gasteiger partial charge in [-0.2, -0.15) is 18.3 Å². The molecule has 21 nitrogen and oxygen atoms in total. The number of rotatable bonds is 17. The van der Waals surface area contributed by atoms with Crippen molar-refractivity contribution in [2.24, 2.45) is 5.41 Å². The number of halogens is 4. The smallest absolute Gasteiger partial charge is 0.389 e. The van der Waals surface area contributed by atoms with Crippen molar-refractivity contribution in [1.29, 1.82) is 0 Å². The predicted octanol–water partition coefficient (Wildman–Crippen LogP) is 3.88. The Bertz CT molecular complexity index is 3030. The minimum atomic E-state index is -4.84. The number of likely N-dealkylation sites (tertiary alicyclic amines) is 1. The molecule has 1 unspecified atom stereocenters. The Morgan fingerprint density at radius 3 is 2.37 bits per heavy atom. The Morgan fingerprint density at radius 1 is 0.918 bits per heavy atom. The van der Waals surface area contributed by atoms with Crippen LogP contribution in [0.25, 0.3) is 11.3 Å². The molecule has 4 aliphatic heterocycles. The van der Waals surface area contributed by atoms with E-state index in [4.69, 9.17) is 4.74 Å². The van der Waals surface area contributed by atoms with E-state index in [0.29, 0.717) is 18.4 Å². The lowest BCUT2D eigenvalue weighted by Crippen LogP contribution is -2.54. The molecule has 4 aliphatic rings. The number of imide groups is 2. The van der Waals surface area contributed by atoms with Crippen LogP contribution in [0, 0.1) is 11.2 Å². The first-order valence-electron chi connectivity index (χ1n) is 23.7. The third-order valence-corrected chi connectivity index (χ3v) is 15.1. The van der Waals surface area contributed by atoms with Crippen molar-refractivity contribution in [1.82, 2.24) is 54.6 Å². The molecule has 3 aromatic heterocycles. The van der Waals surface area contributed by atoms with E-state index >= 15 is 4.39 Å². The number of carbonyl (C=O) groups excluding carboxylic acids is 4. The number of nitrogens with one attached hydrogen (secondary N) is 3. The number of nitrogens with zero attached hydrogens (tertiary/aromatic N) is 10. The predicted molar refractivity (Wildman–Crippen MR) is 252 cm³/mol. The minimum Gasteiger partial charge on any atom is -0.389 e. The lowest BCUT2D eigenvalue weighted by Gasteiger charge is -2.47. The number of benzene rings is 2. The van der Waals surface area contributed by atoms with E-state index in [-0.39, 0.29) is 66.9 Å². The Morgan fingerprint density at radius 2 is 1.66 bits per heavy atom. The zero-order chi connectivity index (χ0) is 51.9. The lowest BCUT2D eigenvalue weighted by atomic mass is 9.71. The molecular weight excluding hydrogens is 983 g/mol. The fourth-order valence-electron chi connectivity index (χ4n) is 9.64. The van der Waals surface area contributed by atoms with Crippen LogP contribution < -0.4 is 20.3 Å². The Balaban J connectivity index is 0.688. The summed E-state index contributed by atoms with van der Waals surface area (Å²) in [5, 5.41) is 27.2. The molecule has 26 heteroatoms. The average Bonchev–Trinajstić information content (AvgIpc) is 4.06. The number of anilines is 3. The number of hydrogen-bond acceptors (Lipinski definition) is 16. The second-order valence-electron chi connectivity index (χ2n) is 19.4. The minimum absolute atomic E-state index is 0.00972. The summed E-state index contributed by atoms with van der Waals surface area (Å²) in [5.74, 6) is -3.52. The summed E-state index contributed by atoms with van der Waals surface area (Å²) in [6, 6.07) is 7.20. The topological polar surface area (TPSA) is 252 Å². The molecule has 388 valence electrons. The summed E-state index contributed by atoms with van der Waals surface area (Å²) in [6.07, 6.45) is 4.14. The summed E-state index contributed by atoms with van der Waals surface area (Å²) < 4.78 is 93.9. The van der Waals surface area contributed by atoms with E-state index < -0.39 is 79.4 Å². The van der Waals surface area contributed by atoms with E-state index in [2.05, 4.69) is 50.5 Å². The van der Waals surface area contributed by atoms with Crippen molar-refractivity contribution >= 4 is 51.0 Å². The van der Waals surface area contributed by atoms with E-state index in [1.54, 1.807) is 23.0 Å². The molecule has 4 N–H and O–H groups in total. The van der Waals surface area contributed by atoms with Gasteiger partial charge in [0.2, 0.25) is 27.8 Å². The standard InChI is InChI=1S/C47H53F4N13O8S/c1-45(2,69)28-63-25-29(23-53-63)40-35(47(49,50)51)24-52-44(57-40)55-37-6-4-32(22-36(37)48)73(70,71)54-13-20-72-27-30-26-62(59-58-30)19-18-60-14-9-46(10-15-60)11-16-61(17-12-46)31-3-5-33-34(21-31)43(68)64(42(33)67)38-7-8-39(65)56-41(38)66/h3-6,21-26,38,54,69H,7-20,27-28H2,1-2H3,(H,52,55,57)(H,56,65,66). The van der Waals surface area contributed by atoms with Crippen molar-refractivity contribution in [3.8, 4) is 11.3 Å². The van der Waals surface area contributed by atoms with Crippen molar-refractivity contribution in [3.63, 3.8) is 0 Å². The first-order chi connectivity index (χ1) is 34.6. The van der Waals surface area contributed by atoms with Gasteiger partial charge in [-0.1, -0.05) is 5.21 Å². The van der Waals surface area contributed by atoms with Gasteiger partial charge in [0.05, 0.1) is 71.7 Å².